The third-order valence-corrected chi connectivity index (χ3v) is 5.39. The lowest BCUT2D eigenvalue weighted by molar-refractivity contribution is -0.120. The third-order valence-electron chi connectivity index (χ3n) is 3.50. The number of aryl methyl sites for hydroxylation is 2. The molecule has 126 valence electrons. The lowest BCUT2D eigenvalue weighted by Crippen LogP contribution is -2.32. The molecule has 0 saturated carbocycles. The van der Waals surface area contributed by atoms with Crippen LogP contribution in [0.3, 0.4) is 0 Å². The van der Waals surface area contributed by atoms with Gasteiger partial charge in [0, 0.05) is 22.8 Å². The Morgan fingerprint density at radius 2 is 2.25 bits per heavy atom. The van der Waals surface area contributed by atoms with Crippen molar-refractivity contribution in [1.29, 1.82) is 0 Å². The number of thioether (sulfide) groups is 1. The molecule has 1 unspecified atom stereocenters. The van der Waals surface area contributed by atoms with Crippen molar-refractivity contribution in [3.63, 3.8) is 0 Å². The van der Waals surface area contributed by atoms with Gasteiger partial charge in [-0.2, -0.15) is 4.98 Å². The first kappa shape index (κ1) is 16.9. The van der Waals surface area contributed by atoms with Gasteiger partial charge in [-0.3, -0.25) is 4.79 Å². The maximum Gasteiger partial charge on any atom is 0.253 e. The lowest BCUT2D eigenvalue weighted by Gasteiger charge is -2.09. The van der Waals surface area contributed by atoms with Crippen molar-refractivity contribution >= 4 is 34.8 Å². The van der Waals surface area contributed by atoms with Crippen molar-refractivity contribution in [2.75, 3.05) is 6.54 Å². The molecule has 8 heteroatoms. The van der Waals surface area contributed by atoms with Gasteiger partial charge in [-0.25, -0.2) is 9.50 Å². The molecule has 3 aromatic rings. The number of aromatic nitrogens is 4. The van der Waals surface area contributed by atoms with E-state index in [1.165, 1.54) is 16.6 Å². The Balaban J connectivity index is 1.58. The highest BCUT2D eigenvalue weighted by molar-refractivity contribution is 8.00. The highest BCUT2D eigenvalue weighted by Crippen LogP contribution is 2.20. The Bertz CT molecular complexity index is 844. The molecule has 0 saturated heterocycles. The molecule has 24 heavy (non-hydrogen) atoms. The van der Waals surface area contributed by atoms with Gasteiger partial charge in [0.2, 0.25) is 11.1 Å². The Morgan fingerprint density at radius 3 is 3.00 bits per heavy atom. The number of carbonyl (C=O) groups is 1. The quantitative estimate of drug-likeness (QED) is 0.684. The van der Waals surface area contributed by atoms with Gasteiger partial charge in [0.05, 0.1) is 5.25 Å². The summed E-state index contributed by atoms with van der Waals surface area (Å²) >= 11 is 3.05. The summed E-state index contributed by atoms with van der Waals surface area (Å²) in [6.45, 7) is 6.40. The zero-order chi connectivity index (χ0) is 17.1. The van der Waals surface area contributed by atoms with Crippen LogP contribution in [-0.4, -0.2) is 37.3 Å². The molecule has 3 heterocycles. The molecule has 0 fully saturated rings. The minimum Gasteiger partial charge on any atom is -0.355 e. The Hall–Kier alpha value is -1.93. The van der Waals surface area contributed by atoms with Crippen molar-refractivity contribution in [3.05, 3.63) is 39.8 Å². The van der Waals surface area contributed by atoms with Crippen LogP contribution in [0.2, 0.25) is 0 Å². The number of fused-ring (bicyclic) bond motifs is 1. The third kappa shape index (κ3) is 3.93. The van der Waals surface area contributed by atoms with Crippen LogP contribution in [0.5, 0.6) is 0 Å². The second kappa shape index (κ2) is 7.31. The molecule has 1 atom stereocenters. The summed E-state index contributed by atoms with van der Waals surface area (Å²) in [5, 5.41) is 9.74. The number of carbonyl (C=O) groups excluding carboxylic acids is 1. The van der Waals surface area contributed by atoms with E-state index in [-0.39, 0.29) is 11.2 Å². The van der Waals surface area contributed by atoms with Crippen molar-refractivity contribution in [2.45, 2.75) is 37.6 Å². The minimum atomic E-state index is -0.257. The van der Waals surface area contributed by atoms with Crippen LogP contribution in [0.25, 0.3) is 5.78 Å². The molecule has 0 radical (unpaired) electrons. The molecular formula is C16H19N5OS2. The number of amides is 1. The topological polar surface area (TPSA) is 72.2 Å². The molecule has 0 aliphatic heterocycles. The number of thiophene rings is 1. The zero-order valence-corrected chi connectivity index (χ0v) is 15.4. The summed E-state index contributed by atoms with van der Waals surface area (Å²) in [6.07, 6.45) is 0.857. The lowest BCUT2D eigenvalue weighted by atomic mass is 10.3. The van der Waals surface area contributed by atoms with Gasteiger partial charge < -0.3 is 5.32 Å². The van der Waals surface area contributed by atoms with Gasteiger partial charge in [0.25, 0.3) is 5.78 Å². The Kier molecular flexibility index (Phi) is 5.15. The summed E-state index contributed by atoms with van der Waals surface area (Å²) in [5.74, 6) is 0.566. The summed E-state index contributed by atoms with van der Waals surface area (Å²) in [7, 11) is 0. The molecule has 0 aromatic carbocycles. The summed E-state index contributed by atoms with van der Waals surface area (Å²) in [4.78, 5) is 22.2. The van der Waals surface area contributed by atoms with Gasteiger partial charge in [-0.15, -0.1) is 16.4 Å². The van der Waals surface area contributed by atoms with E-state index < -0.39 is 0 Å². The van der Waals surface area contributed by atoms with Gasteiger partial charge in [-0.1, -0.05) is 17.8 Å². The van der Waals surface area contributed by atoms with Crippen molar-refractivity contribution < 1.29 is 4.79 Å². The largest absolute Gasteiger partial charge is 0.355 e. The highest BCUT2D eigenvalue weighted by Gasteiger charge is 2.17. The van der Waals surface area contributed by atoms with Gasteiger partial charge in [0.1, 0.15) is 0 Å². The maximum atomic E-state index is 12.2. The average Bonchev–Trinajstić information content (AvgIpc) is 3.16. The van der Waals surface area contributed by atoms with Crippen LogP contribution in [0.15, 0.2) is 28.7 Å². The van der Waals surface area contributed by atoms with Crippen LogP contribution in [0, 0.1) is 13.8 Å². The highest BCUT2D eigenvalue weighted by atomic mass is 32.2. The van der Waals surface area contributed by atoms with E-state index in [0.717, 1.165) is 17.8 Å². The molecule has 1 N–H and O–H groups in total. The van der Waals surface area contributed by atoms with Gasteiger partial charge in [0.15, 0.2) is 0 Å². The first-order chi connectivity index (χ1) is 11.5. The minimum absolute atomic E-state index is 0.00345. The number of hydrogen-bond donors (Lipinski definition) is 1. The van der Waals surface area contributed by atoms with Gasteiger partial charge in [-0.05, 0) is 44.7 Å². The van der Waals surface area contributed by atoms with E-state index in [4.69, 9.17) is 0 Å². The number of hydrogen-bond acceptors (Lipinski definition) is 6. The van der Waals surface area contributed by atoms with Crippen LogP contribution in [-0.2, 0) is 11.2 Å². The maximum absolute atomic E-state index is 12.2. The van der Waals surface area contributed by atoms with Crippen LogP contribution in [0.1, 0.15) is 23.2 Å². The van der Waals surface area contributed by atoms with E-state index in [9.17, 15) is 4.79 Å². The first-order valence-electron chi connectivity index (χ1n) is 7.70. The normalized spacial score (nSPS) is 12.5. The molecule has 6 nitrogen and oxygen atoms in total. The summed E-state index contributed by atoms with van der Waals surface area (Å²) in [6, 6.07) is 6.05. The predicted octanol–water partition coefficient (Wildman–Crippen LogP) is 2.64. The fourth-order valence-corrected chi connectivity index (χ4v) is 3.80. The first-order valence-corrected chi connectivity index (χ1v) is 9.46. The zero-order valence-electron chi connectivity index (χ0n) is 13.8. The van der Waals surface area contributed by atoms with Gasteiger partial charge >= 0.3 is 0 Å². The van der Waals surface area contributed by atoms with E-state index in [0.29, 0.717) is 17.5 Å². The molecule has 0 aliphatic carbocycles. The van der Waals surface area contributed by atoms with Crippen molar-refractivity contribution in [3.8, 4) is 0 Å². The molecular weight excluding hydrogens is 342 g/mol. The molecule has 3 rings (SSSR count). The SMILES string of the molecule is Cc1cc(C)n2nc(SC(C)C(=O)NCCc3cccs3)nc2n1. The monoisotopic (exact) mass is 361 g/mol. The van der Waals surface area contributed by atoms with Crippen molar-refractivity contribution in [2.24, 2.45) is 0 Å². The van der Waals surface area contributed by atoms with E-state index in [1.807, 2.05) is 38.3 Å². The molecule has 1 amide bonds. The van der Waals surface area contributed by atoms with E-state index >= 15 is 0 Å². The summed E-state index contributed by atoms with van der Waals surface area (Å²) < 4.78 is 1.71. The number of nitrogens with one attached hydrogen (secondary N) is 1. The van der Waals surface area contributed by atoms with E-state index in [2.05, 4.69) is 26.4 Å². The molecule has 0 spiro atoms. The predicted molar refractivity (Wildman–Crippen MR) is 96.6 cm³/mol. The van der Waals surface area contributed by atoms with Crippen LogP contribution in [0.4, 0.5) is 0 Å². The van der Waals surface area contributed by atoms with Crippen LogP contribution >= 0.6 is 23.1 Å². The smallest absolute Gasteiger partial charge is 0.253 e. The Labute approximate surface area is 148 Å². The standard InChI is InChI=1S/C16H19N5OS2/c1-10-9-11(2)21-15(18-10)19-16(20-21)24-12(3)14(22)17-7-6-13-5-4-8-23-13/h4-5,8-9,12H,6-7H2,1-3H3,(H,17,22). The Morgan fingerprint density at radius 1 is 1.42 bits per heavy atom. The number of nitrogens with zero attached hydrogens (tertiary/aromatic N) is 4. The fourth-order valence-electron chi connectivity index (χ4n) is 2.32. The number of rotatable bonds is 6. The average molecular weight is 361 g/mol. The second-order valence-corrected chi connectivity index (χ2v) is 7.87. The summed E-state index contributed by atoms with van der Waals surface area (Å²) in [5.41, 5.74) is 1.88. The molecule has 0 bridgehead atoms. The van der Waals surface area contributed by atoms with E-state index in [1.54, 1.807) is 15.9 Å². The molecule has 0 aliphatic rings. The molecule has 3 aromatic heterocycles. The van der Waals surface area contributed by atoms with Crippen molar-refractivity contribution in [1.82, 2.24) is 24.9 Å². The van der Waals surface area contributed by atoms with Crippen LogP contribution < -0.4 is 5.32 Å². The second-order valence-electron chi connectivity index (χ2n) is 5.53. The fraction of sp³-hybridized carbons (Fsp3) is 0.375.